The smallest absolute Gasteiger partial charge is 0.165 e. The Morgan fingerprint density at radius 1 is 1.32 bits per heavy atom. The van der Waals surface area contributed by atoms with Gasteiger partial charge in [0.25, 0.3) is 0 Å². The number of carbonyl (C=O) groups is 1. The fourth-order valence-electron chi connectivity index (χ4n) is 3.04. The van der Waals surface area contributed by atoms with Crippen LogP contribution in [0.3, 0.4) is 0 Å². The van der Waals surface area contributed by atoms with Crippen molar-refractivity contribution in [1.82, 2.24) is 5.32 Å². The van der Waals surface area contributed by atoms with Gasteiger partial charge >= 0.3 is 0 Å². The number of hydrogen-bond donors (Lipinski definition) is 1. The summed E-state index contributed by atoms with van der Waals surface area (Å²) in [6.45, 7) is 1.86. The van der Waals surface area contributed by atoms with Crippen LogP contribution in [0, 0.1) is 12.7 Å². The highest BCUT2D eigenvalue weighted by Gasteiger charge is 2.33. The molecule has 1 saturated carbocycles. The highest BCUT2D eigenvalue weighted by molar-refractivity contribution is 5.98. The molecule has 0 spiro atoms. The first kappa shape index (κ1) is 14.2. The number of Topliss-reactive ketones (excluding diaryl/α,β-unsaturated/α-hetero) is 1. The van der Waals surface area contributed by atoms with Gasteiger partial charge in [-0.05, 0) is 44.5 Å². The first-order valence-electron chi connectivity index (χ1n) is 7.05. The quantitative estimate of drug-likeness (QED) is 0.840. The minimum absolute atomic E-state index is 0.0493. The summed E-state index contributed by atoms with van der Waals surface area (Å²) < 4.78 is 13.3. The molecule has 3 heteroatoms. The third-order valence-corrected chi connectivity index (χ3v) is 4.34. The number of nitrogens with one attached hydrogen (secondary N) is 1. The summed E-state index contributed by atoms with van der Waals surface area (Å²) >= 11 is 0. The second-order valence-corrected chi connectivity index (χ2v) is 5.65. The molecule has 0 aliphatic heterocycles. The largest absolute Gasteiger partial charge is 0.314 e. The van der Waals surface area contributed by atoms with Crippen molar-refractivity contribution in [1.29, 1.82) is 0 Å². The zero-order valence-electron chi connectivity index (χ0n) is 11.8. The molecule has 0 aromatic heterocycles. The minimum Gasteiger partial charge on any atom is -0.314 e. The molecule has 0 unspecified atom stereocenters. The van der Waals surface area contributed by atoms with Gasteiger partial charge in [-0.2, -0.15) is 0 Å². The second-order valence-electron chi connectivity index (χ2n) is 5.65. The van der Waals surface area contributed by atoms with E-state index in [0.717, 1.165) is 31.2 Å². The van der Waals surface area contributed by atoms with E-state index in [4.69, 9.17) is 0 Å². The summed E-state index contributed by atoms with van der Waals surface area (Å²) in [4.78, 5) is 12.4. The molecule has 2 nitrogen and oxygen atoms in total. The van der Waals surface area contributed by atoms with Crippen LogP contribution in [0.15, 0.2) is 18.2 Å². The maximum Gasteiger partial charge on any atom is 0.165 e. The predicted octanol–water partition coefficient (Wildman–Crippen LogP) is 3.63. The van der Waals surface area contributed by atoms with Crippen molar-refractivity contribution in [3.63, 3.8) is 0 Å². The molecule has 0 radical (unpaired) electrons. The average molecular weight is 263 g/mol. The van der Waals surface area contributed by atoms with Gasteiger partial charge in [0, 0.05) is 17.5 Å². The zero-order valence-corrected chi connectivity index (χ0v) is 11.8. The number of hydrogen-bond acceptors (Lipinski definition) is 2. The molecule has 1 N–H and O–H groups in total. The number of ketones is 1. The third-order valence-electron chi connectivity index (χ3n) is 4.34. The van der Waals surface area contributed by atoms with Crippen molar-refractivity contribution in [3.05, 3.63) is 35.1 Å². The molecule has 0 saturated heterocycles. The molecule has 0 atom stereocenters. The van der Waals surface area contributed by atoms with E-state index in [9.17, 15) is 9.18 Å². The van der Waals surface area contributed by atoms with Gasteiger partial charge in [0.2, 0.25) is 0 Å². The Morgan fingerprint density at radius 2 is 2.00 bits per heavy atom. The fourth-order valence-corrected chi connectivity index (χ4v) is 3.04. The molecule has 1 aromatic carbocycles. The van der Waals surface area contributed by atoms with Crippen LogP contribution in [0.4, 0.5) is 4.39 Å². The van der Waals surface area contributed by atoms with Crippen LogP contribution >= 0.6 is 0 Å². The summed E-state index contributed by atoms with van der Waals surface area (Å²) in [7, 11) is 1.93. The molecule has 19 heavy (non-hydrogen) atoms. The van der Waals surface area contributed by atoms with Crippen molar-refractivity contribution in [2.75, 3.05) is 7.05 Å². The van der Waals surface area contributed by atoms with Gasteiger partial charge in [0.15, 0.2) is 5.78 Å². The molecule has 0 heterocycles. The van der Waals surface area contributed by atoms with E-state index >= 15 is 0 Å². The lowest BCUT2D eigenvalue weighted by Gasteiger charge is -2.36. The Kier molecular flexibility index (Phi) is 4.35. The van der Waals surface area contributed by atoms with Crippen LogP contribution in [-0.4, -0.2) is 18.4 Å². The van der Waals surface area contributed by atoms with E-state index in [2.05, 4.69) is 5.32 Å². The van der Waals surface area contributed by atoms with E-state index in [1.165, 1.54) is 18.6 Å². The van der Waals surface area contributed by atoms with Gasteiger partial charge in [0.1, 0.15) is 5.82 Å². The molecule has 1 aromatic rings. The minimum atomic E-state index is -0.337. The number of halogens is 1. The summed E-state index contributed by atoms with van der Waals surface area (Å²) in [5.74, 6) is -0.288. The number of aryl methyl sites for hydroxylation is 1. The van der Waals surface area contributed by atoms with Crippen molar-refractivity contribution in [3.8, 4) is 0 Å². The van der Waals surface area contributed by atoms with E-state index in [0.29, 0.717) is 12.0 Å². The lowest BCUT2D eigenvalue weighted by molar-refractivity contribution is 0.0914. The van der Waals surface area contributed by atoms with Crippen molar-refractivity contribution < 1.29 is 9.18 Å². The predicted molar refractivity (Wildman–Crippen MR) is 75.0 cm³/mol. The number of rotatable bonds is 4. The Hall–Kier alpha value is -1.22. The zero-order chi connectivity index (χ0) is 13.9. The van der Waals surface area contributed by atoms with E-state index in [-0.39, 0.29) is 17.1 Å². The number of benzene rings is 1. The molecular formula is C16H22FNO. The Morgan fingerprint density at radius 3 is 2.63 bits per heavy atom. The highest BCUT2D eigenvalue weighted by atomic mass is 19.1. The van der Waals surface area contributed by atoms with E-state index in [1.807, 2.05) is 14.0 Å². The van der Waals surface area contributed by atoms with Gasteiger partial charge in [-0.15, -0.1) is 0 Å². The van der Waals surface area contributed by atoms with Crippen LogP contribution in [0.1, 0.15) is 54.4 Å². The van der Waals surface area contributed by atoms with Gasteiger partial charge in [-0.3, -0.25) is 4.79 Å². The normalized spacial score (nSPS) is 18.3. The van der Waals surface area contributed by atoms with Crippen molar-refractivity contribution >= 4 is 5.78 Å². The molecule has 1 aliphatic rings. The Balaban J connectivity index is 2.17. The average Bonchev–Trinajstić information content (AvgIpc) is 2.42. The topological polar surface area (TPSA) is 29.1 Å². The fraction of sp³-hybridized carbons (Fsp3) is 0.562. The first-order valence-corrected chi connectivity index (χ1v) is 7.05. The molecule has 2 rings (SSSR count). The van der Waals surface area contributed by atoms with Crippen molar-refractivity contribution in [2.24, 2.45) is 0 Å². The van der Waals surface area contributed by atoms with Crippen LogP contribution in [0.2, 0.25) is 0 Å². The molecule has 1 aliphatic carbocycles. The second kappa shape index (κ2) is 5.83. The van der Waals surface area contributed by atoms with Crippen LogP contribution < -0.4 is 5.32 Å². The maximum absolute atomic E-state index is 13.3. The standard InChI is InChI=1S/C16H22FNO/c1-12-6-7-13(17)10-14(12)15(19)11-16(18-2)8-4-3-5-9-16/h6-7,10,18H,3-5,8-9,11H2,1-2H3. The van der Waals surface area contributed by atoms with E-state index < -0.39 is 0 Å². The SMILES string of the molecule is CNC1(CC(=O)c2cc(F)ccc2C)CCCCC1. The molecule has 0 amide bonds. The monoisotopic (exact) mass is 263 g/mol. The summed E-state index contributed by atoms with van der Waals surface area (Å²) in [6, 6.07) is 4.44. The Labute approximate surface area is 114 Å². The number of carbonyl (C=O) groups excluding carboxylic acids is 1. The van der Waals surface area contributed by atoms with Gasteiger partial charge in [-0.25, -0.2) is 4.39 Å². The first-order chi connectivity index (χ1) is 9.06. The maximum atomic E-state index is 13.3. The molecular weight excluding hydrogens is 241 g/mol. The Bertz CT molecular complexity index is 464. The van der Waals surface area contributed by atoms with Crippen LogP contribution in [-0.2, 0) is 0 Å². The summed E-state index contributed by atoms with van der Waals surface area (Å²) in [5, 5.41) is 3.34. The highest BCUT2D eigenvalue weighted by Crippen LogP contribution is 2.32. The molecule has 0 bridgehead atoms. The lowest BCUT2D eigenvalue weighted by atomic mass is 9.77. The summed E-state index contributed by atoms with van der Waals surface area (Å²) in [5.41, 5.74) is 1.29. The van der Waals surface area contributed by atoms with E-state index in [1.54, 1.807) is 6.07 Å². The van der Waals surface area contributed by atoms with Crippen molar-refractivity contribution in [2.45, 2.75) is 51.0 Å². The summed E-state index contributed by atoms with van der Waals surface area (Å²) in [6.07, 6.45) is 6.10. The third kappa shape index (κ3) is 3.21. The van der Waals surface area contributed by atoms with Crippen LogP contribution in [0.25, 0.3) is 0 Å². The molecule has 1 fully saturated rings. The van der Waals surface area contributed by atoms with Gasteiger partial charge < -0.3 is 5.32 Å². The van der Waals surface area contributed by atoms with Gasteiger partial charge in [0.05, 0.1) is 0 Å². The van der Waals surface area contributed by atoms with Crippen LogP contribution in [0.5, 0.6) is 0 Å². The lowest BCUT2D eigenvalue weighted by Crippen LogP contribution is -2.46. The van der Waals surface area contributed by atoms with Gasteiger partial charge in [-0.1, -0.05) is 25.3 Å². The molecule has 104 valence electrons.